The highest BCUT2D eigenvalue weighted by Gasteiger charge is 2.32. The number of nitrogens with two attached hydrogens (primary N) is 1. The third-order valence-electron chi connectivity index (χ3n) is 7.28. The molecular weight excluding hydrogens is 528 g/mol. The number of nitrogens with one attached hydrogen (secondary N) is 6. The minimum absolute atomic E-state index is 0.0129. The molecule has 4 rings (SSSR count). The fourth-order valence-electron chi connectivity index (χ4n) is 5.03. The number of hydrogen-bond acceptors (Lipinski definition) is 7. The average Bonchev–Trinajstić information content (AvgIpc) is 3.75. The summed E-state index contributed by atoms with van der Waals surface area (Å²) in [7, 11) is 0. The Balaban J connectivity index is 1.54. The van der Waals surface area contributed by atoms with Crippen molar-refractivity contribution in [3.63, 3.8) is 0 Å². The van der Waals surface area contributed by atoms with Crippen LogP contribution < -0.4 is 27.0 Å². The number of aromatic nitrogens is 3. The lowest BCUT2D eigenvalue weighted by Gasteiger charge is -2.25. The summed E-state index contributed by atoms with van der Waals surface area (Å²) in [5.41, 5.74) is 7.83. The molecule has 0 radical (unpaired) electrons. The van der Waals surface area contributed by atoms with Gasteiger partial charge in [-0.1, -0.05) is 18.2 Å². The number of nitrogens with zero attached hydrogens (tertiary/aromatic N) is 1. The molecule has 1 aliphatic rings. The van der Waals surface area contributed by atoms with Crippen molar-refractivity contribution in [2.45, 2.75) is 69.1 Å². The van der Waals surface area contributed by atoms with E-state index in [1.165, 1.54) is 12.5 Å². The number of aromatic amines is 2. The van der Waals surface area contributed by atoms with Gasteiger partial charge in [-0.2, -0.15) is 0 Å². The highest BCUT2D eigenvalue weighted by atomic mass is 16.4. The van der Waals surface area contributed by atoms with E-state index in [-0.39, 0.29) is 24.8 Å². The summed E-state index contributed by atoms with van der Waals surface area (Å²) in [5.74, 6) is -2.66. The van der Waals surface area contributed by atoms with Gasteiger partial charge >= 0.3 is 5.97 Å². The Bertz CT molecular complexity index is 1320. The molecule has 0 aliphatic carbocycles. The number of unbranched alkanes of at least 4 members (excludes halogenated alkanes) is 1. The minimum Gasteiger partial charge on any atom is -0.480 e. The molecule has 0 spiro atoms. The summed E-state index contributed by atoms with van der Waals surface area (Å²) in [4.78, 5) is 61.9. The predicted molar refractivity (Wildman–Crippen MR) is 152 cm³/mol. The Morgan fingerprint density at radius 2 is 1.78 bits per heavy atom. The summed E-state index contributed by atoms with van der Waals surface area (Å²) < 4.78 is 0. The molecule has 3 aromatic rings. The molecular formula is C28H38N8O5. The van der Waals surface area contributed by atoms with Gasteiger partial charge in [0.05, 0.1) is 12.4 Å². The zero-order valence-corrected chi connectivity index (χ0v) is 22.8. The number of carbonyl (C=O) groups excluding carboxylic acids is 3. The molecule has 4 atom stereocenters. The second-order valence-corrected chi connectivity index (χ2v) is 10.3. The number of aliphatic carboxylic acids is 1. The van der Waals surface area contributed by atoms with Crippen LogP contribution in [0.15, 0.2) is 43.0 Å². The largest absolute Gasteiger partial charge is 0.480 e. The first-order valence-corrected chi connectivity index (χ1v) is 13.9. The molecule has 1 fully saturated rings. The number of imidazole rings is 1. The normalized spacial score (nSPS) is 17.0. The van der Waals surface area contributed by atoms with Crippen molar-refractivity contribution < 1.29 is 24.3 Å². The van der Waals surface area contributed by atoms with Crippen molar-refractivity contribution in [1.82, 2.24) is 36.2 Å². The van der Waals surface area contributed by atoms with Crippen LogP contribution in [-0.4, -0.2) is 81.0 Å². The molecule has 220 valence electrons. The van der Waals surface area contributed by atoms with Crippen molar-refractivity contribution in [2.24, 2.45) is 5.73 Å². The first-order valence-electron chi connectivity index (χ1n) is 13.9. The molecule has 1 aliphatic heterocycles. The van der Waals surface area contributed by atoms with Gasteiger partial charge in [0, 0.05) is 41.8 Å². The van der Waals surface area contributed by atoms with Gasteiger partial charge in [-0.15, -0.1) is 0 Å². The number of amides is 3. The Hall–Kier alpha value is -4.23. The number of carboxylic acid groups (broad SMARTS) is 1. The van der Waals surface area contributed by atoms with E-state index >= 15 is 0 Å². The van der Waals surface area contributed by atoms with Crippen LogP contribution in [0.5, 0.6) is 0 Å². The summed E-state index contributed by atoms with van der Waals surface area (Å²) in [5, 5.41) is 22.0. The fraction of sp³-hybridized carbons (Fsp3) is 0.464. The summed E-state index contributed by atoms with van der Waals surface area (Å²) in [6.07, 6.45) is 7.96. The van der Waals surface area contributed by atoms with Gasteiger partial charge in [-0.3, -0.25) is 14.4 Å². The minimum atomic E-state index is -1.25. The van der Waals surface area contributed by atoms with Crippen LogP contribution >= 0.6 is 0 Å². The van der Waals surface area contributed by atoms with Gasteiger partial charge in [-0.05, 0) is 56.8 Å². The number of hydrogen-bond donors (Lipinski definition) is 8. The highest BCUT2D eigenvalue weighted by Crippen LogP contribution is 2.19. The van der Waals surface area contributed by atoms with E-state index in [1.54, 1.807) is 6.20 Å². The van der Waals surface area contributed by atoms with Crippen LogP contribution in [0.2, 0.25) is 0 Å². The van der Waals surface area contributed by atoms with E-state index < -0.39 is 35.9 Å². The SMILES string of the molecule is NCCCCC(NC(=O)C1CCCN1)C(=O)NC(Cc1c[nH]c2ccccc12)C(=O)NC(Cc1cnc[nH]1)C(=O)O. The van der Waals surface area contributed by atoms with E-state index in [2.05, 4.69) is 36.2 Å². The molecule has 0 bridgehead atoms. The van der Waals surface area contributed by atoms with Crippen molar-refractivity contribution >= 4 is 34.6 Å². The number of rotatable bonds is 15. The fourth-order valence-corrected chi connectivity index (χ4v) is 5.03. The van der Waals surface area contributed by atoms with Crippen LogP contribution in [0.1, 0.15) is 43.4 Å². The standard InChI is InChI=1S/C28H38N8O5/c29-10-4-3-8-22(34-25(37)21-9-5-11-31-21)26(38)35-23(12-17-14-32-20-7-2-1-6-19(17)20)27(39)36-24(28(40)41)13-18-15-30-16-33-18/h1-2,6-7,14-16,21-24,31-32H,3-5,8-13,29H2,(H,30,33)(H,34,37)(H,35,38)(H,36,39)(H,40,41). The van der Waals surface area contributed by atoms with Crippen molar-refractivity contribution in [3.8, 4) is 0 Å². The molecule has 41 heavy (non-hydrogen) atoms. The highest BCUT2D eigenvalue weighted by molar-refractivity contribution is 5.95. The van der Waals surface area contributed by atoms with Gasteiger partial charge < -0.3 is 42.1 Å². The van der Waals surface area contributed by atoms with Gasteiger partial charge in [0.15, 0.2) is 0 Å². The van der Waals surface area contributed by atoms with E-state index in [9.17, 15) is 24.3 Å². The quantitative estimate of drug-likeness (QED) is 0.118. The number of benzene rings is 1. The Morgan fingerprint density at radius 1 is 1.00 bits per heavy atom. The Kier molecular flexibility index (Phi) is 10.5. The smallest absolute Gasteiger partial charge is 0.326 e. The third-order valence-corrected chi connectivity index (χ3v) is 7.28. The van der Waals surface area contributed by atoms with Gasteiger partial charge in [0.2, 0.25) is 17.7 Å². The van der Waals surface area contributed by atoms with Gasteiger partial charge in [-0.25, -0.2) is 9.78 Å². The lowest BCUT2D eigenvalue weighted by atomic mass is 10.0. The van der Waals surface area contributed by atoms with Crippen LogP contribution in [0, 0.1) is 0 Å². The molecule has 1 aromatic carbocycles. The zero-order chi connectivity index (χ0) is 29.2. The number of para-hydroxylation sites is 1. The third kappa shape index (κ3) is 8.14. The Labute approximate surface area is 237 Å². The van der Waals surface area contributed by atoms with Crippen LogP contribution in [0.4, 0.5) is 0 Å². The van der Waals surface area contributed by atoms with E-state index in [0.29, 0.717) is 37.9 Å². The lowest BCUT2D eigenvalue weighted by molar-refractivity contribution is -0.142. The molecule has 1 saturated heterocycles. The van der Waals surface area contributed by atoms with E-state index in [0.717, 1.165) is 29.4 Å². The van der Waals surface area contributed by atoms with Crippen LogP contribution in [0.3, 0.4) is 0 Å². The molecule has 2 aromatic heterocycles. The van der Waals surface area contributed by atoms with Crippen molar-refractivity contribution in [1.29, 1.82) is 0 Å². The zero-order valence-electron chi connectivity index (χ0n) is 22.8. The topological polar surface area (TPSA) is 207 Å². The van der Waals surface area contributed by atoms with Crippen LogP contribution in [-0.2, 0) is 32.0 Å². The average molecular weight is 567 g/mol. The second kappa shape index (κ2) is 14.4. The molecule has 4 unspecified atom stereocenters. The molecule has 0 saturated carbocycles. The van der Waals surface area contributed by atoms with E-state index in [1.807, 2.05) is 24.3 Å². The van der Waals surface area contributed by atoms with E-state index in [4.69, 9.17) is 5.73 Å². The van der Waals surface area contributed by atoms with Gasteiger partial charge in [0.1, 0.15) is 18.1 Å². The molecule has 9 N–H and O–H groups in total. The summed E-state index contributed by atoms with van der Waals surface area (Å²) in [6.45, 7) is 1.18. The Morgan fingerprint density at radius 3 is 2.49 bits per heavy atom. The molecule has 3 heterocycles. The first kappa shape index (κ1) is 29.7. The molecule has 13 heteroatoms. The number of carbonyl (C=O) groups is 4. The number of fused-ring (bicyclic) bond motifs is 1. The molecule has 13 nitrogen and oxygen atoms in total. The van der Waals surface area contributed by atoms with Gasteiger partial charge in [0.25, 0.3) is 0 Å². The maximum Gasteiger partial charge on any atom is 0.326 e. The molecule has 3 amide bonds. The summed E-state index contributed by atoms with van der Waals surface area (Å²) in [6, 6.07) is 3.95. The van der Waals surface area contributed by atoms with Crippen molar-refractivity contribution in [2.75, 3.05) is 13.1 Å². The lowest BCUT2D eigenvalue weighted by Crippen LogP contribution is -2.57. The summed E-state index contributed by atoms with van der Waals surface area (Å²) >= 11 is 0. The number of H-pyrrole nitrogens is 2. The first-order chi connectivity index (χ1) is 19.9. The second-order valence-electron chi connectivity index (χ2n) is 10.3. The number of carboxylic acids is 1. The van der Waals surface area contributed by atoms with Crippen molar-refractivity contribution in [3.05, 3.63) is 54.2 Å². The van der Waals surface area contributed by atoms with Crippen LogP contribution in [0.25, 0.3) is 10.9 Å². The monoisotopic (exact) mass is 566 g/mol. The predicted octanol–water partition coefficient (Wildman–Crippen LogP) is 0.0962. The maximum absolute atomic E-state index is 13.6. The maximum atomic E-state index is 13.6.